The Hall–Kier alpha value is -1.59. The Labute approximate surface area is 139 Å². The lowest BCUT2D eigenvalue weighted by Crippen LogP contribution is -2.29. The van der Waals surface area contributed by atoms with E-state index in [-0.39, 0.29) is 5.91 Å². The summed E-state index contributed by atoms with van der Waals surface area (Å²) in [7, 11) is 0. The number of amides is 1. The number of rotatable bonds is 7. The molecule has 0 atom stereocenters. The summed E-state index contributed by atoms with van der Waals surface area (Å²) in [5.74, 6) is 0.798. The number of ether oxygens (including phenoxy) is 1. The van der Waals surface area contributed by atoms with Crippen LogP contribution in [0.1, 0.15) is 31.0 Å². The summed E-state index contributed by atoms with van der Waals surface area (Å²) in [5.41, 5.74) is 0.901. The molecule has 0 aliphatic rings. The zero-order valence-corrected chi connectivity index (χ0v) is 14.3. The van der Waals surface area contributed by atoms with Gasteiger partial charge in [0.15, 0.2) is 0 Å². The standard InChI is InChI=1S/C16H19ClN2O2S/c1-3-7-19(12(2)20)9-14-11-22-16(18-14)10-21-15-6-4-5-13(17)8-15/h4-6,8,11H,3,7,9-10H2,1-2H3. The van der Waals surface area contributed by atoms with E-state index in [0.29, 0.717) is 18.2 Å². The van der Waals surface area contributed by atoms with Crippen LogP contribution in [0.3, 0.4) is 0 Å². The lowest BCUT2D eigenvalue weighted by molar-refractivity contribution is -0.129. The van der Waals surface area contributed by atoms with Gasteiger partial charge >= 0.3 is 0 Å². The molecule has 1 aromatic carbocycles. The van der Waals surface area contributed by atoms with E-state index in [9.17, 15) is 4.79 Å². The lowest BCUT2D eigenvalue weighted by atomic mass is 10.3. The quantitative estimate of drug-likeness (QED) is 0.762. The summed E-state index contributed by atoms with van der Waals surface area (Å²) < 4.78 is 5.67. The molecule has 2 aromatic rings. The van der Waals surface area contributed by atoms with Crippen molar-refractivity contribution in [3.63, 3.8) is 0 Å². The number of nitrogens with zero attached hydrogens (tertiary/aromatic N) is 2. The summed E-state index contributed by atoms with van der Waals surface area (Å²) in [6.45, 7) is 5.35. The first-order chi connectivity index (χ1) is 10.6. The van der Waals surface area contributed by atoms with E-state index >= 15 is 0 Å². The SMILES string of the molecule is CCCN(Cc1csc(COc2cccc(Cl)c2)n1)C(C)=O. The van der Waals surface area contributed by atoms with Gasteiger partial charge in [-0.1, -0.05) is 24.6 Å². The molecule has 4 nitrogen and oxygen atoms in total. The van der Waals surface area contributed by atoms with Gasteiger partial charge in [-0.15, -0.1) is 11.3 Å². The van der Waals surface area contributed by atoms with Gasteiger partial charge in [-0.3, -0.25) is 4.79 Å². The van der Waals surface area contributed by atoms with Gasteiger partial charge in [0.1, 0.15) is 17.4 Å². The second kappa shape index (κ2) is 8.15. The molecular formula is C16H19ClN2O2S. The van der Waals surface area contributed by atoms with Gasteiger partial charge in [0, 0.05) is 23.9 Å². The molecule has 6 heteroatoms. The van der Waals surface area contributed by atoms with Gasteiger partial charge < -0.3 is 9.64 Å². The molecule has 118 valence electrons. The minimum absolute atomic E-state index is 0.0755. The van der Waals surface area contributed by atoms with Crippen molar-refractivity contribution in [2.75, 3.05) is 6.54 Å². The van der Waals surface area contributed by atoms with Gasteiger partial charge in [-0.2, -0.15) is 0 Å². The van der Waals surface area contributed by atoms with Crippen LogP contribution in [-0.4, -0.2) is 22.3 Å². The number of thiazole rings is 1. The molecule has 0 bridgehead atoms. The molecular weight excluding hydrogens is 320 g/mol. The van der Waals surface area contributed by atoms with Gasteiger partial charge in [-0.05, 0) is 24.6 Å². The second-order valence-corrected chi connectivity index (χ2v) is 6.30. The van der Waals surface area contributed by atoms with Crippen molar-refractivity contribution < 1.29 is 9.53 Å². The topological polar surface area (TPSA) is 42.4 Å². The fourth-order valence-corrected chi connectivity index (χ4v) is 2.88. The maximum atomic E-state index is 11.6. The molecule has 1 heterocycles. The fraction of sp³-hybridized carbons (Fsp3) is 0.375. The first-order valence-electron chi connectivity index (χ1n) is 7.15. The van der Waals surface area contributed by atoms with E-state index in [1.165, 1.54) is 11.3 Å². The first kappa shape index (κ1) is 16.8. The highest BCUT2D eigenvalue weighted by Gasteiger charge is 2.11. The van der Waals surface area contributed by atoms with Crippen LogP contribution in [0.4, 0.5) is 0 Å². The number of aromatic nitrogens is 1. The minimum atomic E-state index is 0.0755. The van der Waals surface area contributed by atoms with Crippen LogP contribution < -0.4 is 4.74 Å². The molecule has 0 radical (unpaired) electrons. The third-order valence-electron chi connectivity index (χ3n) is 3.05. The van der Waals surface area contributed by atoms with Crippen molar-refractivity contribution in [2.24, 2.45) is 0 Å². The Kier molecular flexibility index (Phi) is 6.21. The largest absolute Gasteiger partial charge is 0.486 e. The predicted octanol–water partition coefficient (Wildman–Crippen LogP) is 4.13. The molecule has 0 saturated heterocycles. The summed E-state index contributed by atoms with van der Waals surface area (Å²) in [6, 6.07) is 7.29. The number of carbonyl (C=O) groups excluding carboxylic acids is 1. The molecule has 1 aromatic heterocycles. The highest BCUT2D eigenvalue weighted by Crippen LogP contribution is 2.19. The summed E-state index contributed by atoms with van der Waals surface area (Å²) in [6.07, 6.45) is 0.939. The van der Waals surface area contributed by atoms with Crippen molar-refractivity contribution in [1.82, 2.24) is 9.88 Å². The number of halogens is 1. The zero-order chi connectivity index (χ0) is 15.9. The van der Waals surface area contributed by atoms with Crippen molar-refractivity contribution in [3.05, 3.63) is 45.4 Å². The normalized spacial score (nSPS) is 10.5. The third-order valence-corrected chi connectivity index (χ3v) is 4.16. The van der Waals surface area contributed by atoms with E-state index in [1.54, 1.807) is 24.0 Å². The van der Waals surface area contributed by atoms with Gasteiger partial charge in [0.2, 0.25) is 5.91 Å². The van der Waals surface area contributed by atoms with Crippen LogP contribution in [0.2, 0.25) is 5.02 Å². The summed E-state index contributed by atoms with van der Waals surface area (Å²) in [4.78, 5) is 17.9. The van der Waals surface area contributed by atoms with E-state index in [2.05, 4.69) is 11.9 Å². The van der Waals surface area contributed by atoms with Crippen LogP contribution in [0.25, 0.3) is 0 Å². The maximum Gasteiger partial charge on any atom is 0.219 e. The molecule has 1 amide bonds. The smallest absolute Gasteiger partial charge is 0.219 e. The van der Waals surface area contributed by atoms with Gasteiger partial charge in [0.25, 0.3) is 0 Å². The second-order valence-electron chi connectivity index (χ2n) is 4.92. The van der Waals surface area contributed by atoms with Crippen LogP contribution in [-0.2, 0) is 17.9 Å². The number of hydrogen-bond donors (Lipinski definition) is 0. The molecule has 2 rings (SSSR count). The summed E-state index contributed by atoms with van der Waals surface area (Å²) >= 11 is 7.45. The lowest BCUT2D eigenvalue weighted by Gasteiger charge is -2.18. The molecule has 0 fully saturated rings. The van der Waals surface area contributed by atoms with E-state index in [0.717, 1.165) is 29.4 Å². The Morgan fingerprint density at radius 1 is 1.45 bits per heavy atom. The third kappa shape index (κ3) is 5.00. The number of hydrogen-bond acceptors (Lipinski definition) is 4. The van der Waals surface area contributed by atoms with Crippen molar-refractivity contribution in [1.29, 1.82) is 0 Å². The molecule has 0 saturated carbocycles. The van der Waals surface area contributed by atoms with Crippen LogP contribution in [0.15, 0.2) is 29.6 Å². The van der Waals surface area contributed by atoms with E-state index in [1.807, 2.05) is 17.5 Å². The van der Waals surface area contributed by atoms with E-state index < -0.39 is 0 Å². The highest BCUT2D eigenvalue weighted by molar-refractivity contribution is 7.09. The first-order valence-corrected chi connectivity index (χ1v) is 8.41. The molecule has 0 spiro atoms. The van der Waals surface area contributed by atoms with Crippen LogP contribution in [0, 0.1) is 0 Å². The van der Waals surface area contributed by atoms with Crippen molar-refractivity contribution in [2.45, 2.75) is 33.4 Å². The Balaban J connectivity index is 1.92. The highest BCUT2D eigenvalue weighted by atomic mass is 35.5. The molecule has 0 aliphatic carbocycles. The molecule has 0 unspecified atom stereocenters. The Morgan fingerprint density at radius 3 is 2.95 bits per heavy atom. The van der Waals surface area contributed by atoms with Gasteiger partial charge in [0.05, 0.1) is 12.2 Å². The minimum Gasteiger partial charge on any atom is -0.486 e. The average molecular weight is 339 g/mol. The van der Waals surface area contributed by atoms with Crippen molar-refractivity contribution >= 4 is 28.8 Å². The Bertz CT molecular complexity index is 630. The van der Waals surface area contributed by atoms with Gasteiger partial charge in [-0.25, -0.2) is 4.98 Å². The molecule has 22 heavy (non-hydrogen) atoms. The molecule has 0 N–H and O–H groups in total. The number of benzene rings is 1. The van der Waals surface area contributed by atoms with Crippen molar-refractivity contribution in [3.8, 4) is 5.75 Å². The average Bonchev–Trinajstić information content (AvgIpc) is 2.92. The number of carbonyl (C=O) groups is 1. The maximum absolute atomic E-state index is 11.6. The van der Waals surface area contributed by atoms with Crippen LogP contribution >= 0.6 is 22.9 Å². The zero-order valence-electron chi connectivity index (χ0n) is 12.7. The predicted molar refractivity (Wildman–Crippen MR) is 89.3 cm³/mol. The van der Waals surface area contributed by atoms with Crippen LogP contribution in [0.5, 0.6) is 5.75 Å². The summed E-state index contributed by atoms with van der Waals surface area (Å²) in [5, 5.41) is 3.51. The monoisotopic (exact) mass is 338 g/mol. The van der Waals surface area contributed by atoms with E-state index in [4.69, 9.17) is 16.3 Å². The Morgan fingerprint density at radius 2 is 2.27 bits per heavy atom. The fourth-order valence-electron chi connectivity index (χ4n) is 2.00. The molecule has 0 aliphatic heterocycles.